The fraction of sp³-hybridized carbons (Fsp3) is 0.571. The Bertz CT molecular complexity index is 412. The van der Waals surface area contributed by atoms with Gasteiger partial charge < -0.3 is 10.2 Å². The summed E-state index contributed by atoms with van der Waals surface area (Å²) < 4.78 is 0. The van der Waals surface area contributed by atoms with Gasteiger partial charge in [0.05, 0.1) is 0 Å². The normalized spacial score (nSPS) is 20.8. The monoisotopic (exact) mass is 265 g/mol. The highest BCUT2D eigenvalue weighted by molar-refractivity contribution is 6.30. The molecule has 0 atom stereocenters. The second-order valence-corrected chi connectivity index (χ2v) is 5.58. The molecule has 0 aromatic heterocycles. The van der Waals surface area contributed by atoms with E-state index in [9.17, 15) is 0 Å². The van der Waals surface area contributed by atoms with Gasteiger partial charge in [0, 0.05) is 56.5 Å². The van der Waals surface area contributed by atoms with E-state index in [1.54, 1.807) is 0 Å². The van der Waals surface area contributed by atoms with Gasteiger partial charge in [0.25, 0.3) is 0 Å². The Morgan fingerprint density at radius 3 is 2.56 bits per heavy atom. The van der Waals surface area contributed by atoms with Gasteiger partial charge in [-0.2, -0.15) is 0 Å². The molecule has 2 saturated heterocycles. The van der Waals surface area contributed by atoms with E-state index in [1.165, 1.54) is 30.8 Å². The van der Waals surface area contributed by atoms with Crippen molar-refractivity contribution >= 4 is 17.3 Å². The number of nitrogens with zero attached hydrogens (tertiary/aromatic N) is 2. The van der Waals surface area contributed by atoms with Crippen LogP contribution in [0.25, 0.3) is 0 Å². The molecule has 0 saturated carbocycles. The molecule has 1 aromatic rings. The van der Waals surface area contributed by atoms with E-state index < -0.39 is 0 Å². The molecule has 0 spiro atoms. The van der Waals surface area contributed by atoms with Crippen LogP contribution in [0.2, 0.25) is 5.02 Å². The molecular weight excluding hydrogens is 246 g/mol. The fourth-order valence-corrected chi connectivity index (χ4v) is 2.80. The van der Waals surface area contributed by atoms with Gasteiger partial charge in [-0.25, -0.2) is 0 Å². The maximum absolute atomic E-state index is 6.13. The summed E-state index contributed by atoms with van der Waals surface area (Å²) in [6, 6.07) is 6.33. The van der Waals surface area contributed by atoms with E-state index in [0.29, 0.717) is 0 Å². The fourth-order valence-electron chi connectivity index (χ4n) is 2.63. The summed E-state index contributed by atoms with van der Waals surface area (Å²) in [6.45, 7) is 7.89. The van der Waals surface area contributed by atoms with Gasteiger partial charge in [-0.3, -0.25) is 4.90 Å². The molecule has 3 nitrogen and oxygen atoms in total. The van der Waals surface area contributed by atoms with Crippen LogP contribution in [0, 0.1) is 0 Å². The Balaban J connectivity index is 1.76. The van der Waals surface area contributed by atoms with Gasteiger partial charge in [0.2, 0.25) is 0 Å². The smallest absolute Gasteiger partial charge is 0.0426 e. The zero-order chi connectivity index (χ0) is 12.4. The third-order valence-corrected chi connectivity index (χ3v) is 4.08. The molecular formula is C14H20ClN3. The van der Waals surface area contributed by atoms with Crippen molar-refractivity contribution in [2.75, 3.05) is 44.2 Å². The first-order valence-electron chi connectivity index (χ1n) is 6.79. The first-order chi connectivity index (χ1) is 8.83. The van der Waals surface area contributed by atoms with Crippen molar-refractivity contribution in [3.8, 4) is 0 Å². The van der Waals surface area contributed by atoms with Gasteiger partial charge in [-0.15, -0.1) is 0 Å². The van der Waals surface area contributed by atoms with Crippen LogP contribution < -0.4 is 10.2 Å². The van der Waals surface area contributed by atoms with Crippen LogP contribution in [-0.4, -0.2) is 44.2 Å². The average molecular weight is 266 g/mol. The second-order valence-electron chi connectivity index (χ2n) is 5.14. The van der Waals surface area contributed by atoms with Crippen LogP contribution >= 0.6 is 11.6 Å². The topological polar surface area (TPSA) is 18.5 Å². The lowest BCUT2D eigenvalue weighted by Crippen LogP contribution is -2.43. The number of nitrogens with one attached hydrogen (secondary N) is 1. The quantitative estimate of drug-likeness (QED) is 0.901. The maximum atomic E-state index is 6.13. The number of halogens is 1. The summed E-state index contributed by atoms with van der Waals surface area (Å²) in [4.78, 5) is 4.95. The molecule has 98 valence electrons. The van der Waals surface area contributed by atoms with E-state index in [1.807, 2.05) is 6.07 Å². The molecule has 0 aliphatic carbocycles. The zero-order valence-corrected chi connectivity index (χ0v) is 11.4. The highest BCUT2D eigenvalue weighted by Gasteiger charge is 2.19. The Hall–Kier alpha value is -0.770. The van der Waals surface area contributed by atoms with E-state index in [0.717, 1.165) is 37.7 Å². The van der Waals surface area contributed by atoms with E-state index in [2.05, 4.69) is 27.2 Å². The molecule has 2 aliphatic heterocycles. The van der Waals surface area contributed by atoms with Gasteiger partial charge in [-0.05, 0) is 24.1 Å². The minimum absolute atomic E-state index is 0.848. The van der Waals surface area contributed by atoms with E-state index in [-0.39, 0.29) is 0 Å². The van der Waals surface area contributed by atoms with Crippen molar-refractivity contribution in [2.45, 2.75) is 13.0 Å². The lowest BCUT2D eigenvalue weighted by molar-refractivity contribution is 0.233. The van der Waals surface area contributed by atoms with Crippen LogP contribution in [0.4, 0.5) is 5.69 Å². The summed E-state index contributed by atoms with van der Waals surface area (Å²) in [5.74, 6) is 0. The van der Waals surface area contributed by atoms with Gasteiger partial charge in [0.15, 0.2) is 0 Å². The summed E-state index contributed by atoms with van der Waals surface area (Å²) in [6.07, 6.45) is 1.31. The molecule has 2 aliphatic rings. The predicted octanol–water partition coefficient (Wildman–Crippen LogP) is 1.96. The number of benzene rings is 1. The Morgan fingerprint density at radius 1 is 1.11 bits per heavy atom. The third kappa shape index (κ3) is 2.63. The van der Waals surface area contributed by atoms with E-state index >= 15 is 0 Å². The van der Waals surface area contributed by atoms with Crippen molar-refractivity contribution < 1.29 is 0 Å². The third-order valence-electron chi connectivity index (χ3n) is 3.85. The summed E-state index contributed by atoms with van der Waals surface area (Å²) >= 11 is 6.13. The molecule has 2 fully saturated rings. The first kappa shape index (κ1) is 12.3. The van der Waals surface area contributed by atoms with Crippen LogP contribution in [0.15, 0.2) is 18.2 Å². The van der Waals surface area contributed by atoms with Gasteiger partial charge >= 0.3 is 0 Å². The first-order valence-corrected chi connectivity index (χ1v) is 7.17. The Kier molecular flexibility index (Phi) is 3.73. The largest absolute Gasteiger partial charge is 0.371 e. The highest BCUT2D eigenvalue weighted by Crippen LogP contribution is 2.29. The summed E-state index contributed by atoms with van der Waals surface area (Å²) in [7, 11) is 0. The minimum atomic E-state index is 0.848. The highest BCUT2D eigenvalue weighted by atomic mass is 35.5. The maximum Gasteiger partial charge on any atom is 0.0426 e. The number of rotatable bonds is 3. The molecule has 3 rings (SSSR count). The molecule has 0 radical (unpaired) electrons. The van der Waals surface area contributed by atoms with Crippen LogP contribution in [-0.2, 0) is 6.54 Å². The minimum Gasteiger partial charge on any atom is -0.371 e. The number of piperazine rings is 1. The lowest BCUT2D eigenvalue weighted by Gasteiger charge is -2.36. The van der Waals surface area contributed by atoms with Crippen molar-refractivity contribution in [2.24, 2.45) is 0 Å². The second kappa shape index (κ2) is 5.47. The number of hydrogen-bond donors (Lipinski definition) is 1. The molecule has 18 heavy (non-hydrogen) atoms. The molecule has 1 N–H and O–H groups in total. The number of hydrogen-bond acceptors (Lipinski definition) is 3. The van der Waals surface area contributed by atoms with Crippen LogP contribution in [0.3, 0.4) is 0 Å². The Labute approximate surface area is 114 Å². The molecule has 4 heteroatoms. The van der Waals surface area contributed by atoms with Gasteiger partial charge in [0.1, 0.15) is 0 Å². The van der Waals surface area contributed by atoms with E-state index in [4.69, 9.17) is 11.6 Å². The molecule has 0 amide bonds. The van der Waals surface area contributed by atoms with Crippen molar-refractivity contribution in [3.63, 3.8) is 0 Å². The average Bonchev–Trinajstić information content (AvgIpc) is 2.32. The molecule has 1 aromatic carbocycles. The summed E-state index contributed by atoms with van der Waals surface area (Å²) in [5.41, 5.74) is 2.76. The van der Waals surface area contributed by atoms with Crippen molar-refractivity contribution in [1.29, 1.82) is 0 Å². The zero-order valence-electron chi connectivity index (χ0n) is 10.7. The van der Waals surface area contributed by atoms with Crippen LogP contribution in [0.1, 0.15) is 12.0 Å². The SMILES string of the molecule is Clc1ccc(CN2CCNCC2)c(N2CCC2)c1. The predicted molar refractivity (Wildman–Crippen MR) is 76.4 cm³/mol. The van der Waals surface area contributed by atoms with Crippen LogP contribution in [0.5, 0.6) is 0 Å². The van der Waals surface area contributed by atoms with Crippen molar-refractivity contribution in [1.82, 2.24) is 10.2 Å². The summed E-state index contributed by atoms with van der Waals surface area (Å²) in [5, 5.41) is 4.24. The Morgan fingerprint density at radius 2 is 1.89 bits per heavy atom. The number of anilines is 1. The van der Waals surface area contributed by atoms with Gasteiger partial charge in [-0.1, -0.05) is 17.7 Å². The lowest BCUT2D eigenvalue weighted by atomic mass is 10.1. The molecule has 0 bridgehead atoms. The standard InChI is InChI=1S/C14H20ClN3/c15-13-3-2-12(11-17-8-4-16-5-9-17)14(10-13)18-6-1-7-18/h2-3,10,16H,1,4-9,11H2. The molecule has 0 unspecified atom stereocenters. The van der Waals surface area contributed by atoms with Crippen molar-refractivity contribution in [3.05, 3.63) is 28.8 Å². The molecule has 2 heterocycles.